The first-order valence-electron chi connectivity index (χ1n) is 7.04. The highest BCUT2D eigenvalue weighted by Crippen LogP contribution is 2.52. The van der Waals surface area contributed by atoms with Crippen molar-refractivity contribution in [1.82, 2.24) is 5.32 Å². The van der Waals surface area contributed by atoms with Crippen molar-refractivity contribution in [1.29, 1.82) is 0 Å². The van der Waals surface area contributed by atoms with E-state index in [-0.39, 0.29) is 19.3 Å². The van der Waals surface area contributed by atoms with E-state index in [9.17, 15) is 14.7 Å². The normalized spacial score (nSPS) is 38.9. The van der Waals surface area contributed by atoms with E-state index in [1.165, 1.54) is 0 Å². The maximum absolute atomic E-state index is 12.1. The van der Waals surface area contributed by atoms with Crippen LogP contribution in [0.2, 0.25) is 0 Å². The average Bonchev–Trinajstić information content (AvgIpc) is 2.62. The molecule has 0 aromatic rings. The molecule has 4 atom stereocenters. The van der Waals surface area contributed by atoms with Gasteiger partial charge in [0.15, 0.2) is 5.60 Å². The van der Waals surface area contributed by atoms with Gasteiger partial charge in [0.2, 0.25) is 11.4 Å². The molecule has 3 aliphatic rings. The second-order valence-electron chi connectivity index (χ2n) is 5.87. The van der Waals surface area contributed by atoms with Crippen LogP contribution in [-0.2, 0) is 14.3 Å². The summed E-state index contributed by atoms with van der Waals surface area (Å²) in [5.41, 5.74) is -2.28. The minimum Gasteiger partial charge on any atom is -0.453 e. The summed E-state index contributed by atoms with van der Waals surface area (Å²) in [5, 5.41) is 13.4. The second kappa shape index (κ2) is 4.98. The zero-order valence-electron chi connectivity index (χ0n) is 11.6. The molecule has 2 heterocycles. The average molecular weight is 293 g/mol. The van der Waals surface area contributed by atoms with Crippen molar-refractivity contribution in [3.63, 3.8) is 0 Å². The van der Waals surface area contributed by atoms with Crippen molar-refractivity contribution in [2.45, 2.75) is 51.4 Å². The minimum atomic E-state index is -1.32. The third-order valence-corrected chi connectivity index (χ3v) is 4.92. The van der Waals surface area contributed by atoms with Gasteiger partial charge in [0.25, 0.3) is 0 Å². The number of ether oxygens (including phenoxy) is 1. The molecule has 0 bridgehead atoms. The van der Waals surface area contributed by atoms with Crippen LogP contribution in [0.4, 0.5) is 0 Å². The van der Waals surface area contributed by atoms with Gasteiger partial charge in [0.1, 0.15) is 6.10 Å². The number of nitrogens with one attached hydrogen (secondary N) is 1. The molecule has 116 valence electrons. The summed E-state index contributed by atoms with van der Waals surface area (Å²) >= 11 is 0. The van der Waals surface area contributed by atoms with Gasteiger partial charge in [0, 0.05) is 5.92 Å². The number of fused-ring (bicyclic) bond motifs is 1. The quantitative estimate of drug-likeness (QED) is 0.608. The van der Waals surface area contributed by atoms with Crippen molar-refractivity contribution < 1.29 is 19.4 Å². The van der Waals surface area contributed by atoms with E-state index < -0.39 is 29.1 Å². The standard InChI is InChI=1S/C15H19NO4.CH4/c1-3-10-12(18)16-15(13(19)20-14(10,15)2)11(17)9-7-5-4-6-8-9;/h5-11,17H,3-4H2,1-2H3,(H,16,18);1H4/t10?,11-,14-,15-;/m0./s1. The Bertz CT molecular complexity index is 514. The van der Waals surface area contributed by atoms with Gasteiger partial charge in [0.05, 0.1) is 5.92 Å². The predicted octanol–water partition coefficient (Wildman–Crippen LogP) is 1.33. The second-order valence-corrected chi connectivity index (χ2v) is 5.87. The third-order valence-electron chi connectivity index (χ3n) is 4.92. The Morgan fingerprint density at radius 1 is 1.43 bits per heavy atom. The Kier molecular flexibility index (Phi) is 3.74. The van der Waals surface area contributed by atoms with Crippen molar-refractivity contribution in [3.05, 3.63) is 24.3 Å². The number of allylic oxidation sites excluding steroid dienone is 2. The van der Waals surface area contributed by atoms with Gasteiger partial charge in [-0.1, -0.05) is 38.7 Å². The van der Waals surface area contributed by atoms with Crippen LogP contribution in [0.25, 0.3) is 0 Å². The molecule has 21 heavy (non-hydrogen) atoms. The first-order valence-corrected chi connectivity index (χ1v) is 7.04. The van der Waals surface area contributed by atoms with Crippen molar-refractivity contribution >= 4 is 11.9 Å². The molecule has 3 rings (SSSR count). The Morgan fingerprint density at radius 2 is 2.05 bits per heavy atom. The van der Waals surface area contributed by atoms with Gasteiger partial charge in [-0.25, -0.2) is 4.79 Å². The fourth-order valence-corrected chi connectivity index (χ4v) is 3.74. The molecule has 0 aromatic carbocycles. The van der Waals surface area contributed by atoms with Crippen molar-refractivity contribution in [2.75, 3.05) is 0 Å². The van der Waals surface area contributed by atoms with Crippen LogP contribution in [-0.4, -0.2) is 34.2 Å². The minimum absolute atomic E-state index is 0. The van der Waals surface area contributed by atoms with Crippen molar-refractivity contribution in [2.24, 2.45) is 11.8 Å². The lowest BCUT2D eigenvalue weighted by molar-refractivity contribution is -0.236. The van der Waals surface area contributed by atoms with Gasteiger partial charge >= 0.3 is 5.97 Å². The number of aliphatic hydroxyl groups is 1. The first kappa shape index (κ1) is 15.8. The number of aliphatic hydroxyl groups excluding tert-OH is 1. The van der Waals surface area contributed by atoms with Gasteiger partial charge in [-0.3, -0.25) is 4.79 Å². The summed E-state index contributed by atoms with van der Waals surface area (Å²) < 4.78 is 5.31. The largest absolute Gasteiger partial charge is 0.453 e. The van der Waals surface area contributed by atoms with E-state index in [1.54, 1.807) is 6.92 Å². The van der Waals surface area contributed by atoms with Crippen LogP contribution in [0.15, 0.2) is 24.3 Å². The highest BCUT2D eigenvalue weighted by molar-refractivity contribution is 6.01. The number of carbonyl (C=O) groups excluding carboxylic acids is 2. The Balaban J connectivity index is 0.00000161. The van der Waals surface area contributed by atoms with Crippen molar-refractivity contribution in [3.8, 4) is 0 Å². The molecule has 2 N–H and O–H groups in total. The number of carbonyl (C=O) groups is 2. The van der Waals surface area contributed by atoms with Crippen LogP contribution in [0.1, 0.15) is 34.1 Å². The monoisotopic (exact) mass is 293 g/mol. The van der Waals surface area contributed by atoms with E-state index in [1.807, 2.05) is 31.2 Å². The summed E-state index contributed by atoms with van der Waals surface area (Å²) in [5.74, 6) is -1.45. The van der Waals surface area contributed by atoms with Crippen LogP contribution in [0, 0.1) is 11.8 Å². The number of rotatable bonds is 3. The highest BCUT2D eigenvalue weighted by atomic mass is 16.6. The molecule has 5 heteroatoms. The molecular formula is C16H23NO4. The Hall–Kier alpha value is -1.62. The van der Waals surface area contributed by atoms with E-state index in [2.05, 4.69) is 5.32 Å². The van der Waals surface area contributed by atoms with E-state index >= 15 is 0 Å². The summed E-state index contributed by atoms with van der Waals surface area (Å²) in [6.07, 6.45) is 8.01. The SMILES string of the molecule is C.CCC1C(=O)N[C@@]2([C@@H](O)C3C=CCC=C3)C(=O)O[C@@]12C. The first-order chi connectivity index (χ1) is 9.47. The van der Waals surface area contributed by atoms with Crippen LogP contribution in [0.3, 0.4) is 0 Å². The van der Waals surface area contributed by atoms with Crippen LogP contribution >= 0.6 is 0 Å². The Morgan fingerprint density at radius 3 is 2.57 bits per heavy atom. The van der Waals surface area contributed by atoms with Gasteiger partial charge in [-0.05, 0) is 19.8 Å². The number of hydrogen-bond donors (Lipinski definition) is 2. The fraction of sp³-hybridized carbons (Fsp3) is 0.625. The van der Waals surface area contributed by atoms with E-state index in [0.29, 0.717) is 6.42 Å². The van der Waals surface area contributed by atoms with Gasteiger partial charge in [-0.15, -0.1) is 0 Å². The third kappa shape index (κ3) is 1.73. The van der Waals surface area contributed by atoms with Gasteiger partial charge < -0.3 is 15.2 Å². The van der Waals surface area contributed by atoms with E-state index in [0.717, 1.165) is 6.42 Å². The molecule has 1 amide bonds. The summed E-state index contributed by atoms with van der Waals surface area (Å²) in [6.45, 7) is 3.62. The zero-order chi connectivity index (χ0) is 14.5. The lowest BCUT2D eigenvalue weighted by Crippen LogP contribution is -2.79. The molecule has 2 fully saturated rings. The van der Waals surface area contributed by atoms with Gasteiger partial charge in [-0.2, -0.15) is 0 Å². The van der Waals surface area contributed by atoms with Crippen LogP contribution < -0.4 is 5.32 Å². The lowest BCUT2D eigenvalue weighted by atomic mass is 9.65. The highest BCUT2D eigenvalue weighted by Gasteiger charge is 2.79. The molecule has 0 saturated carbocycles. The van der Waals surface area contributed by atoms with Crippen LogP contribution in [0.5, 0.6) is 0 Å². The molecule has 5 nitrogen and oxygen atoms in total. The number of hydrogen-bond acceptors (Lipinski definition) is 4. The molecule has 2 saturated heterocycles. The molecular weight excluding hydrogens is 270 g/mol. The molecule has 0 aromatic heterocycles. The lowest BCUT2D eigenvalue weighted by Gasteiger charge is -2.54. The zero-order valence-corrected chi connectivity index (χ0v) is 11.6. The maximum atomic E-state index is 12.1. The fourth-order valence-electron chi connectivity index (χ4n) is 3.74. The molecule has 1 aliphatic carbocycles. The Labute approximate surface area is 125 Å². The van der Waals surface area contributed by atoms with E-state index in [4.69, 9.17) is 4.74 Å². The number of amides is 1. The topological polar surface area (TPSA) is 75.6 Å². The smallest absolute Gasteiger partial charge is 0.339 e. The summed E-state index contributed by atoms with van der Waals surface area (Å²) in [7, 11) is 0. The maximum Gasteiger partial charge on any atom is 0.339 e. The molecule has 0 radical (unpaired) electrons. The number of esters is 1. The molecule has 2 aliphatic heterocycles. The predicted molar refractivity (Wildman–Crippen MR) is 78.3 cm³/mol. The summed E-state index contributed by atoms with van der Waals surface area (Å²) in [4.78, 5) is 24.2. The summed E-state index contributed by atoms with van der Waals surface area (Å²) in [6, 6.07) is 0. The molecule has 1 unspecified atom stereocenters. The molecule has 0 spiro atoms.